The Kier molecular flexibility index (Phi) is 7.27. The van der Waals surface area contributed by atoms with Gasteiger partial charge in [0.15, 0.2) is 0 Å². The van der Waals surface area contributed by atoms with Gasteiger partial charge in [0.2, 0.25) is 0 Å². The summed E-state index contributed by atoms with van der Waals surface area (Å²) in [6.07, 6.45) is 0. The summed E-state index contributed by atoms with van der Waals surface area (Å²) < 4.78 is 2.17. The molecule has 0 amide bonds. The quantitative estimate of drug-likeness (QED) is 0.141. The highest BCUT2D eigenvalue weighted by molar-refractivity contribution is 7.19. The van der Waals surface area contributed by atoms with Crippen molar-refractivity contribution in [3.63, 3.8) is 0 Å². The first-order valence-corrected chi connectivity index (χ1v) is 18.0. The van der Waals surface area contributed by atoms with Gasteiger partial charge in [0.05, 0.1) is 33.9 Å². The van der Waals surface area contributed by atoms with Gasteiger partial charge in [-0.2, -0.15) is 31.3 Å². The van der Waals surface area contributed by atoms with Crippen molar-refractivity contribution in [3.05, 3.63) is 187 Å². The highest BCUT2D eigenvalue weighted by atomic mass is 28.3. The summed E-state index contributed by atoms with van der Waals surface area (Å²) in [7, 11) is -2.82. The van der Waals surface area contributed by atoms with Gasteiger partial charge in [0.1, 0.15) is 6.07 Å². The fraction of sp³-hybridized carbons (Fsp3) is 0. The number of benzene rings is 7. The summed E-state index contributed by atoms with van der Waals surface area (Å²) in [5, 5.41) is 28.2. The van der Waals surface area contributed by atoms with E-state index in [4.69, 9.17) is 0 Å². The molecule has 3 nitrogen and oxygen atoms in total. The van der Waals surface area contributed by atoms with Crippen LogP contribution in [0.15, 0.2) is 176 Å². The molecule has 0 radical (unpaired) electrons. The van der Waals surface area contributed by atoms with Crippen molar-refractivity contribution in [2.45, 2.75) is 0 Å². The van der Waals surface area contributed by atoms with Gasteiger partial charge < -0.3 is 4.57 Å². The molecule has 4 heteroatoms. The van der Waals surface area contributed by atoms with Crippen molar-refractivity contribution in [3.8, 4) is 29.0 Å². The number of aromatic nitrogens is 1. The lowest BCUT2D eigenvalue weighted by atomic mass is 9.98. The van der Waals surface area contributed by atoms with Crippen LogP contribution in [-0.2, 0) is 0 Å². The van der Waals surface area contributed by atoms with Gasteiger partial charge in [-0.3, -0.25) is 0 Å². The van der Waals surface area contributed by atoms with Gasteiger partial charge in [-0.1, -0.05) is 146 Å². The van der Waals surface area contributed by atoms with Crippen molar-refractivity contribution in [2.24, 2.45) is 0 Å². The molecule has 0 fully saturated rings. The fourth-order valence-corrected chi connectivity index (χ4v) is 12.1. The van der Waals surface area contributed by atoms with Crippen LogP contribution in [0.3, 0.4) is 0 Å². The molecule has 0 aliphatic carbocycles. The van der Waals surface area contributed by atoms with E-state index in [9.17, 15) is 10.5 Å². The average Bonchev–Trinajstić information content (AvgIpc) is 3.50. The number of nitriles is 2. The maximum atomic E-state index is 10.6. The van der Waals surface area contributed by atoms with Crippen LogP contribution in [0.2, 0.25) is 0 Å². The molecule has 7 aromatic carbocycles. The SMILES string of the molecule is N#Cc1ccc([Si-](c2ccccc2)(c2ccccc2)c2ccccc2)cc1-c1ccc(-n2c3ccccc3c3ccccc32)c(C#N)c1. The van der Waals surface area contributed by atoms with Crippen LogP contribution in [0.25, 0.3) is 38.6 Å². The van der Waals surface area contributed by atoms with Gasteiger partial charge >= 0.3 is 0 Å². The van der Waals surface area contributed by atoms with Crippen LogP contribution in [0.5, 0.6) is 0 Å². The molecule has 0 N–H and O–H groups in total. The Hall–Kier alpha value is -6.46. The number of rotatable bonds is 6. The van der Waals surface area contributed by atoms with E-state index in [0.29, 0.717) is 11.1 Å². The lowest BCUT2D eigenvalue weighted by Crippen LogP contribution is -2.74. The number of hydrogen-bond acceptors (Lipinski definition) is 2. The Morgan fingerprint density at radius 1 is 0.417 bits per heavy atom. The Bertz CT molecular complexity index is 2370. The van der Waals surface area contributed by atoms with E-state index in [1.54, 1.807) is 0 Å². The van der Waals surface area contributed by atoms with Crippen LogP contribution in [0, 0.1) is 22.7 Å². The van der Waals surface area contributed by atoms with E-state index in [0.717, 1.165) is 38.6 Å². The molecule has 225 valence electrons. The Morgan fingerprint density at radius 3 is 1.40 bits per heavy atom. The third-order valence-corrected chi connectivity index (χ3v) is 14.2. The highest BCUT2D eigenvalue weighted by Gasteiger charge is 2.29. The van der Waals surface area contributed by atoms with Gasteiger partial charge in [-0.15, -0.1) is 0 Å². The molecule has 0 saturated carbocycles. The summed E-state index contributed by atoms with van der Waals surface area (Å²) in [6.45, 7) is 0. The van der Waals surface area contributed by atoms with E-state index >= 15 is 0 Å². The molecule has 48 heavy (non-hydrogen) atoms. The molecule has 0 atom stereocenters. The average molecular weight is 628 g/mol. The second-order valence-electron chi connectivity index (χ2n) is 11.9. The first kappa shape index (κ1) is 29.0. The topological polar surface area (TPSA) is 52.5 Å². The monoisotopic (exact) mass is 627 g/mol. The van der Waals surface area contributed by atoms with Crippen LogP contribution in [0.4, 0.5) is 0 Å². The highest BCUT2D eigenvalue weighted by Crippen LogP contribution is 2.34. The molecule has 0 bridgehead atoms. The zero-order valence-electron chi connectivity index (χ0n) is 26.1. The van der Waals surface area contributed by atoms with Crippen LogP contribution >= 0.6 is 0 Å². The molecule has 8 rings (SSSR count). The molecule has 0 spiro atoms. The number of hydrogen-bond donors (Lipinski definition) is 0. The zero-order chi connectivity index (χ0) is 32.5. The summed E-state index contributed by atoms with van der Waals surface area (Å²) in [5.41, 5.74) is 5.69. The van der Waals surface area contributed by atoms with Crippen LogP contribution in [-0.4, -0.2) is 12.6 Å². The minimum atomic E-state index is -2.82. The summed E-state index contributed by atoms with van der Waals surface area (Å²) in [5.74, 6) is 0. The van der Waals surface area contributed by atoms with Gasteiger partial charge in [-0.05, 0) is 49.5 Å². The Labute approximate surface area is 280 Å². The van der Waals surface area contributed by atoms with Crippen molar-refractivity contribution in [1.29, 1.82) is 10.5 Å². The van der Waals surface area contributed by atoms with E-state index in [2.05, 4.69) is 150 Å². The lowest BCUT2D eigenvalue weighted by molar-refractivity contribution is 1.17. The molecule has 0 aliphatic heterocycles. The second-order valence-corrected chi connectivity index (χ2v) is 15.7. The molecule has 0 saturated heterocycles. The fourth-order valence-electron chi connectivity index (χ4n) is 7.35. The van der Waals surface area contributed by atoms with Crippen molar-refractivity contribution in [2.75, 3.05) is 0 Å². The van der Waals surface area contributed by atoms with Crippen LogP contribution < -0.4 is 20.7 Å². The second kappa shape index (κ2) is 12.0. The van der Waals surface area contributed by atoms with Gasteiger partial charge in [0.25, 0.3) is 0 Å². The molecule has 8 aromatic rings. The Balaban J connectivity index is 1.38. The molecule has 0 unspecified atom stereocenters. The maximum absolute atomic E-state index is 10.6. The summed E-state index contributed by atoms with van der Waals surface area (Å²) in [4.78, 5) is 0. The first-order valence-electron chi connectivity index (χ1n) is 16.0. The Morgan fingerprint density at radius 2 is 0.896 bits per heavy atom. The normalized spacial score (nSPS) is 11.3. The summed E-state index contributed by atoms with van der Waals surface area (Å²) >= 11 is 0. The van der Waals surface area contributed by atoms with Crippen molar-refractivity contribution in [1.82, 2.24) is 4.57 Å². The third-order valence-electron chi connectivity index (χ3n) is 9.44. The molecular formula is C44H29N3Si-. The number of fused-ring (bicyclic) bond motifs is 3. The molecule has 1 aromatic heterocycles. The van der Waals surface area contributed by atoms with Crippen molar-refractivity contribution < 1.29 is 0 Å². The lowest BCUT2D eigenvalue weighted by Gasteiger charge is -2.47. The maximum Gasteiger partial charge on any atom is 0.101 e. The predicted octanol–water partition coefficient (Wildman–Crippen LogP) is 7.57. The van der Waals surface area contributed by atoms with Gasteiger partial charge in [0, 0.05) is 10.8 Å². The standard InChI is InChI=1S/C44H29N3Si/c45-30-33-24-26-38(48(35-14-4-1-5-15-35,36-16-6-2-7-17-36)37-18-8-3-9-19-37)29-41(33)32-25-27-42(34(28-32)31-46)47-43-22-12-10-20-39(43)40-21-11-13-23-44(40)47/h1-29H/q-1. The van der Waals surface area contributed by atoms with Crippen molar-refractivity contribution >= 4 is 50.6 Å². The first-order chi connectivity index (χ1) is 23.7. The third kappa shape index (κ3) is 4.55. The van der Waals surface area contributed by atoms with E-state index < -0.39 is 8.07 Å². The smallest absolute Gasteiger partial charge is 0.101 e. The summed E-state index contributed by atoms with van der Waals surface area (Å²) in [6, 6.07) is 66.1. The van der Waals surface area contributed by atoms with Crippen LogP contribution in [0.1, 0.15) is 11.1 Å². The molecular weight excluding hydrogens is 599 g/mol. The van der Waals surface area contributed by atoms with E-state index in [-0.39, 0.29) is 0 Å². The minimum Gasteiger partial charge on any atom is -0.308 e. The number of nitrogens with zero attached hydrogens (tertiary/aromatic N) is 3. The predicted molar refractivity (Wildman–Crippen MR) is 199 cm³/mol. The molecule has 0 aliphatic rings. The van der Waals surface area contributed by atoms with E-state index in [1.807, 2.05) is 42.5 Å². The molecule has 1 heterocycles. The minimum absolute atomic E-state index is 0.547. The number of para-hydroxylation sites is 2. The van der Waals surface area contributed by atoms with Gasteiger partial charge in [-0.25, -0.2) is 0 Å². The van der Waals surface area contributed by atoms with E-state index in [1.165, 1.54) is 20.7 Å². The largest absolute Gasteiger partial charge is 0.308 e. The zero-order valence-corrected chi connectivity index (χ0v) is 27.1.